The molecular weight excluding hydrogens is 274 g/mol. The Balaban J connectivity index is 1.77. The zero-order valence-corrected chi connectivity index (χ0v) is 11.8. The fourth-order valence-corrected chi connectivity index (χ4v) is 2.90. The monoisotopic (exact) mass is 291 g/mol. The molecule has 21 heavy (non-hydrogen) atoms. The van der Waals surface area contributed by atoms with E-state index in [1.165, 1.54) is 12.4 Å². The summed E-state index contributed by atoms with van der Waals surface area (Å²) < 4.78 is 10.4. The van der Waals surface area contributed by atoms with Crippen LogP contribution in [0.2, 0.25) is 0 Å². The fourth-order valence-electron chi connectivity index (χ4n) is 2.90. The van der Waals surface area contributed by atoms with Crippen molar-refractivity contribution in [3.05, 3.63) is 24.3 Å². The van der Waals surface area contributed by atoms with E-state index in [1.807, 2.05) is 0 Å². The second-order valence-electron chi connectivity index (χ2n) is 5.42. The van der Waals surface area contributed by atoms with Crippen molar-refractivity contribution in [3.8, 4) is 0 Å². The second-order valence-corrected chi connectivity index (χ2v) is 5.42. The third kappa shape index (κ3) is 2.37. The zero-order chi connectivity index (χ0) is 14.9. The largest absolute Gasteiger partial charge is 0.466 e. The number of carbonyl (C=O) groups excluding carboxylic acids is 2. The van der Waals surface area contributed by atoms with Crippen LogP contribution >= 0.6 is 0 Å². The molecule has 0 saturated carbocycles. The maximum Gasteiger partial charge on any atom is 0.311 e. The average Bonchev–Trinajstić information content (AvgIpc) is 2.88. The Bertz CT molecular complexity index is 544. The van der Waals surface area contributed by atoms with Gasteiger partial charge in [0.05, 0.1) is 25.7 Å². The van der Waals surface area contributed by atoms with Crippen molar-refractivity contribution in [2.75, 3.05) is 32.9 Å². The Morgan fingerprint density at radius 3 is 2.71 bits per heavy atom. The summed E-state index contributed by atoms with van der Waals surface area (Å²) in [5.74, 6) is -0.699. The van der Waals surface area contributed by atoms with Crippen LogP contribution in [0.1, 0.15) is 17.5 Å². The van der Waals surface area contributed by atoms with Crippen LogP contribution in [0.5, 0.6) is 0 Å². The summed E-state index contributed by atoms with van der Waals surface area (Å²) in [6, 6.07) is 1.66. The van der Waals surface area contributed by atoms with Gasteiger partial charge in [0.25, 0.3) is 5.91 Å². The highest BCUT2D eigenvalue weighted by Crippen LogP contribution is 2.43. The number of esters is 1. The van der Waals surface area contributed by atoms with Gasteiger partial charge in [-0.25, -0.2) is 9.97 Å². The van der Waals surface area contributed by atoms with Crippen molar-refractivity contribution in [2.24, 2.45) is 11.3 Å². The van der Waals surface area contributed by atoms with Crippen LogP contribution in [-0.2, 0) is 14.3 Å². The second kappa shape index (κ2) is 5.40. The molecule has 112 valence electrons. The van der Waals surface area contributed by atoms with Gasteiger partial charge in [-0.15, -0.1) is 0 Å². The van der Waals surface area contributed by atoms with Crippen molar-refractivity contribution in [3.63, 3.8) is 0 Å². The highest BCUT2D eigenvalue weighted by Gasteiger charge is 2.56. The van der Waals surface area contributed by atoms with Crippen molar-refractivity contribution >= 4 is 11.9 Å². The van der Waals surface area contributed by atoms with E-state index in [-0.39, 0.29) is 29.0 Å². The molecule has 0 radical (unpaired) electrons. The third-order valence-electron chi connectivity index (χ3n) is 4.04. The van der Waals surface area contributed by atoms with E-state index in [0.29, 0.717) is 32.9 Å². The molecule has 1 spiro atoms. The van der Waals surface area contributed by atoms with Crippen LogP contribution in [-0.4, -0.2) is 59.7 Å². The summed E-state index contributed by atoms with van der Waals surface area (Å²) in [4.78, 5) is 34.1. The molecule has 1 unspecified atom stereocenters. The lowest BCUT2D eigenvalue weighted by Crippen LogP contribution is -2.51. The highest BCUT2D eigenvalue weighted by atomic mass is 16.5. The minimum atomic E-state index is -0.334. The standard InChI is InChI=1S/C14H17N3O4/c1-2-21-13(19)10-6-17(7-14(10)8-20-9-14)12(18)11-15-4-3-5-16-11/h3-5,10H,2,6-9H2,1H3. The molecule has 2 saturated heterocycles. The quantitative estimate of drug-likeness (QED) is 0.736. The molecule has 1 atom stereocenters. The molecule has 3 heterocycles. The fraction of sp³-hybridized carbons (Fsp3) is 0.571. The van der Waals surface area contributed by atoms with Crippen molar-refractivity contribution < 1.29 is 19.1 Å². The van der Waals surface area contributed by atoms with Gasteiger partial charge in [-0.1, -0.05) is 0 Å². The average molecular weight is 291 g/mol. The van der Waals surface area contributed by atoms with E-state index in [2.05, 4.69) is 9.97 Å². The maximum absolute atomic E-state index is 12.4. The molecule has 1 aromatic rings. The predicted molar refractivity (Wildman–Crippen MR) is 71.3 cm³/mol. The smallest absolute Gasteiger partial charge is 0.311 e. The number of amides is 1. The number of aromatic nitrogens is 2. The maximum atomic E-state index is 12.4. The molecule has 2 aliphatic heterocycles. The number of ether oxygens (including phenoxy) is 2. The van der Waals surface area contributed by atoms with Crippen LogP contribution in [0, 0.1) is 11.3 Å². The van der Waals surface area contributed by atoms with E-state index in [1.54, 1.807) is 17.9 Å². The topological polar surface area (TPSA) is 81.6 Å². The zero-order valence-electron chi connectivity index (χ0n) is 11.8. The SMILES string of the molecule is CCOC(=O)C1CN(C(=O)c2ncccn2)CC12COC2. The number of carbonyl (C=O) groups is 2. The van der Waals surface area contributed by atoms with Gasteiger partial charge < -0.3 is 14.4 Å². The van der Waals surface area contributed by atoms with E-state index >= 15 is 0 Å². The van der Waals surface area contributed by atoms with Gasteiger partial charge in [0, 0.05) is 30.9 Å². The molecule has 7 nitrogen and oxygen atoms in total. The van der Waals surface area contributed by atoms with Gasteiger partial charge in [0.1, 0.15) is 0 Å². The summed E-state index contributed by atoms with van der Waals surface area (Å²) in [6.07, 6.45) is 3.06. The highest BCUT2D eigenvalue weighted by molar-refractivity contribution is 5.91. The molecule has 7 heteroatoms. The Hall–Kier alpha value is -2.02. The number of rotatable bonds is 3. The Morgan fingerprint density at radius 2 is 2.14 bits per heavy atom. The normalized spacial score (nSPS) is 22.9. The Kier molecular flexibility index (Phi) is 3.59. The van der Waals surface area contributed by atoms with Gasteiger partial charge >= 0.3 is 5.97 Å². The summed E-state index contributed by atoms with van der Waals surface area (Å²) >= 11 is 0. The van der Waals surface area contributed by atoms with Crippen molar-refractivity contribution in [1.29, 1.82) is 0 Å². The summed E-state index contributed by atoms with van der Waals surface area (Å²) in [5.41, 5.74) is -0.309. The van der Waals surface area contributed by atoms with Crippen LogP contribution in [0.3, 0.4) is 0 Å². The lowest BCUT2D eigenvalue weighted by Gasteiger charge is -2.40. The first-order valence-electron chi connectivity index (χ1n) is 6.97. The first kappa shape index (κ1) is 13.9. The predicted octanol–water partition coefficient (Wildman–Crippen LogP) is 0.128. The molecule has 0 aromatic carbocycles. The molecule has 2 fully saturated rings. The molecule has 0 bridgehead atoms. The van der Waals surface area contributed by atoms with Gasteiger partial charge in [0.2, 0.25) is 5.82 Å². The van der Waals surface area contributed by atoms with Gasteiger partial charge in [0.15, 0.2) is 0 Å². The van der Waals surface area contributed by atoms with E-state index in [4.69, 9.17) is 9.47 Å². The summed E-state index contributed by atoms with van der Waals surface area (Å²) in [7, 11) is 0. The number of likely N-dealkylation sites (tertiary alicyclic amines) is 1. The minimum absolute atomic E-state index is 0.150. The molecule has 1 aromatic heterocycles. The van der Waals surface area contributed by atoms with Crippen LogP contribution in [0.25, 0.3) is 0 Å². The Morgan fingerprint density at radius 1 is 1.43 bits per heavy atom. The van der Waals surface area contributed by atoms with Crippen molar-refractivity contribution in [1.82, 2.24) is 14.9 Å². The van der Waals surface area contributed by atoms with Crippen LogP contribution in [0.15, 0.2) is 18.5 Å². The molecule has 3 rings (SSSR count). The van der Waals surface area contributed by atoms with Gasteiger partial charge in [-0.2, -0.15) is 0 Å². The summed E-state index contributed by atoms with van der Waals surface area (Å²) in [5, 5.41) is 0. The number of nitrogens with zero attached hydrogens (tertiary/aromatic N) is 3. The molecule has 0 aliphatic carbocycles. The summed E-state index contributed by atoms with van der Waals surface area (Å²) in [6.45, 7) is 3.89. The van der Waals surface area contributed by atoms with Gasteiger partial charge in [-0.3, -0.25) is 9.59 Å². The number of hydrogen-bond acceptors (Lipinski definition) is 6. The van der Waals surface area contributed by atoms with Crippen LogP contribution < -0.4 is 0 Å². The number of hydrogen-bond donors (Lipinski definition) is 0. The van der Waals surface area contributed by atoms with E-state index < -0.39 is 0 Å². The minimum Gasteiger partial charge on any atom is -0.466 e. The van der Waals surface area contributed by atoms with E-state index in [0.717, 1.165) is 0 Å². The Labute approximate surface area is 122 Å². The lowest BCUT2D eigenvalue weighted by molar-refractivity contribution is -0.169. The molecule has 0 N–H and O–H groups in total. The third-order valence-corrected chi connectivity index (χ3v) is 4.04. The lowest BCUT2D eigenvalue weighted by atomic mass is 9.76. The first-order chi connectivity index (χ1) is 10.2. The van der Waals surface area contributed by atoms with E-state index in [9.17, 15) is 9.59 Å². The first-order valence-corrected chi connectivity index (χ1v) is 6.97. The molecule has 2 aliphatic rings. The molecular formula is C14H17N3O4. The van der Waals surface area contributed by atoms with Gasteiger partial charge in [-0.05, 0) is 13.0 Å². The van der Waals surface area contributed by atoms with Crippen molar-refractivity contribution in [2.45, 2.75) is 6.92 Å². The van der Waals surface area contributed by atoms with Crippen LogP contribution in [0.4, 0.5) is 0 Å². The molecule has 1 amide bonds.